The SMILES string of the molecule is Cc1ccc(-c2nc3ccc([N+](=O)[O-])cc3nc2-c2ccc(C)cc2)cc1. The summed E-state index contributed by atoms with van der Waals surface area (Å²) in [6.45, 7) is 4.07. The second-order valence-electron chi connectivity index (χ2n) is 6.58. The van der Waals surface area contributed by atoms with Gasteiger partial charge < -0.3 is 0 Å². The molecule has 0 bridgehead atoms. The van der Waals surface area contributed by atoms with E-state index in [-0.39, 0.29) is 5.69 Å². The number of benzene rings is 3. The number of hydrogen-bond donors (Lipinski definition) is 0. The minimum Gasteiger partial charge on any atom is -0.258 e. The van der Waals surface area contributed by atoms with Crippen molar-refractivity contribution in [3.8, 4) is 22.5 Å². The first-order valence-corrected chi connectivity index (χ1v) is 8.61. The van der Waals surface area contributed by atoms with Gasteiger partial charge in [-0.3, -0.25) is 10.1 Å². The molecule has 4 rings (SSSR count). The Hall–Kier alpha value is -3.60. The Kier molecular flexibility index (Phi) is 4.12. The van der Waals surface area contributed by atoms with Crippen LogP contribution in [0.5, 0.6) is 0 Å². The van der Waals surface area contributed by atoms with Gasteiger partial charge in [0.2, 0.25) is 0 Å². The average molecular weight is 355 g/mol. The van der Waals surface area contributed by atoms with Crippen molar-refractivity contribution in [3.63, 3.8) is 0 Å². The number of nitrogens with zero attached hydrogens (tertiary/aromatic N) is 3. The summed E-state index contributed by atoms with van der Waals surface area (Å²) in [4.78, 5) is 20.2. The molecule has 0 saturated carbocycles. The molecule has 0 N–H and O–H groups in total. The number of non-ortho nitro benzene ring substituents is 1. The summed E-state index contributed by atoms with van der Waals surface area (Å²) in [5, 5.41) is 11.1. The van der Waals surface area contributed by atoms with Gasteiger partial charge in [-0.15, -0.1) is 0 Å². The summed E-state index contributed by atoms with van der Waals surface area (Å²) < 4.78 is 0. The average Bonchev–Trinajstić information content (AvgIpc) is 2.68. The minimum atomic E-state index is -0.416. The molecule has 1 heterocycles. The van der Waals surface area contributed by atoms with Crippen LogP contribution in [0.15, 0.2) is 66.7 Å². The van der Waals surface area contributed by atoms with Crippen LogP contribution in [0.2, 0.25) is 0 Å². The van der Waals surface area contributed by atoms with Gasteiger partial charge in [-0.25, -0.2) is 9.97 Å². The second-order valence-corrected chi connectivity index (χ2v) is 6.58. The van der Waals surface area contributed by atoms with E-state index >= 15 is 0 Å². The van der Waals surface area contributed by atoms with Crippen molar-refractivity contribution in [1.82, 2.24) is 9.97 Å². The maximum Gasteiger partial charge on any atom is 0.271 e. The zero-order valence-corrected chi connectivity index (χ0v) is 15.0. The summed E-state index contributed by atoms with van der Waals surface area (Å²) in [5.41, 5.74) is 6.84. The highest BCUT2D eigenvalue weighted by Crippen LogP contribution is 2.32. The van der Waals surface area contributed by atoms with Gasteiger partial charge in [0.05, 0.1) is 27.3 Å². The summed E-state index contributed by atoms with van der Waals surface area (Å²) in [6, 6.07) is 20.7. The number of fused-ring (bicyclic) bond motifs is 1. The van der Waals surface area contributed by atoms with E-state index in [1.54, 1.807) is 6.07 Å². The molecular formula is C22H17N3O2. The van der Waals surface area contributed by atoms with Gasteiger partial charge in [0.25, 0.3) is 5.69 Å². The Bertz CT molecular complexity index is 1150. The summed E-state index contributed by atoms with van der Waals surface area (Å²) in [6.07, 6.45) is 0. The topological polar surface area (TPSA) is 68.9 Å². The van der Waals surface area contributed by atoms with Crippen LogP contribution in [0, 0.1) is 24.0 Å². The van der Waals surface area contributed by atoms with Crippen molar-refractivity contribution in [1.29, 1.82) is 0 Å². The van der Waals surface area contributed by atoms with Crippen LogP contribution in [0.1, 0.15) is 11.1 Å². The predicted molar refractivity (Wildman–Crippen MR) is 107 cm³/mol. The van der Waals surface area contributed by atoms with E-state index in [1.165, 1.54) is 17.7 Å². The van der Waals surface area contributed by atoms with E-state index in [0.717, 1.165) is 22.4 Å². The van der Waals surface area contributed by atoms with E-state index in [0.29, 0.717) is 16.7 Å². The first-order valence-electron chi connectivity index (χ1n) is 8.61. The van der Waals surface area contributed by atoms with Gasteiger partial charge in [0.1, 0.15) is 0 Å². The summed E-state index contributed by atoms with van der Waals surface area (Å²) in [5.74, 6) is 0. The molecule has 0 aliphatic carbocycles. The number of aromatic nitrogens is 2. The fraction of sp³-hybridized carbons (Fsp3) is 0.0909. The molecule has 132 valence electrons. The van der Waals surface area contributed by atoms with E-state index in [4.69, 9.17) is 9.97 Å². The fourth-order valence-electron chi connectivity index (χ4n) is 2.98. The van der Waals surface area contributed by atoms with Crippen LogP contribution in [0.3, 0.4) is 0 Å². The third-order valence-corrected chi connectivity index (χ3v) is 4.51. The van der Waals surface area contributed by atoms with Crippen molar-refractivity contribution >= 4 is 16.7 Å². The number of nitro groups is 1. The van der Waals surface area contributed by atoms with E-state index in [1.807, 2.05) is 62.4 Å². The molecule has 5 heteroatoms. The number of nitro benzene ring substituents is 1. The maximum absolute atomic E-state index is 11.1. The number of hydrogen-bond acceptors (Lipinski definition) is 4. The molecule has 0 saturated heterocycles. The van der Waals surface area contributed by atoms with Gasteiger partial charge in [-0.2, -0.15) is 0 Å². The first-order chi connectivity index (χ1) is 13.0. The summed E-state index contributed by atoms with van der Waals surface area (Å²) in [7, 11) is 0. The van der Waals surface area contributed by atoms with Crippen LogP contribution in [0.4, 0.5) is 5.69 Å². The smallest absolute Gasteiger partial charge is 0.258 e. The Morgan fingerprint density at radius 2 is 1.19 bits per heavy atom. The zero-order chi connectivity index (χ0) is 19.0. The van der Waals surface area contributed by atoms with Crippen molar-refractivity contribution in [3.05, 3.63) is 88.0 Å². The Morgan fingerprint density at radius 1 is 0.704 bits per heavy atom. The molecule has 0 unspecified atom stereocenters. The highest BCUT2D eigenvalue weighted by molar-refractivity contribution is 5.87. The largest absolute Gasteiger partial charge is 0.271 e. The lowest BCUT2D eigenvalue weighted by atomic mass is 10.0. The lowest BCUT2D eigenvalue weighted by Gasteiger charge is -2.11. The third-order valence-electron chi connectivity index (χ3n) is 4.51. The second kappa shape index (κ2) is 6.61. The van der Waals surface area contributed by atoms with Gasteiger partial charge in [-0.05, 0) is 19.9 Å². The van der Waals surface area contributed by atoms with E-state index in [2.05, 4.69) is 0 Å². The van der Waals surface area contributed by atoms with Crippen LogP contribution in [-0.4, -0.2) is 14.9 Å². The molecule has 0 aliphatic heterocycles. The zero-order valence-electron chi connectivity index (χ0n) is 15.0. The molecule has 27 heavy (non-hydrogen) atoms. The van der Waals surface area contributed by atoms with Gasteiger partial charge >= 0.3 is 0 Å². The Balaban J connectivity index is 2.00. The minimum absolute atomic E-state index is 0.00902. The standard InChI is InChI=1S/C22H17N3O2/c1-14-3-7-16(8-4-14)21-22(17-9-5-15(2)6-10-17)24-20-13-18(25(26)27)11-12-19(20)23-21/h3-13H,1-2H3. The monoisotopic (exact) mass is 355 g/mol. The maximum atomic E-state index is 11.1. The Labute approximate surface area is 156 Å². The van der Waals surface area contributed by atoms with Crippen molar-refractivity contribution in [2.24, 2.45) is 0 Å². The number of rotatable bonds is 3. The molecular weight excluding hydrogens is 338 g/mol. The fourth-order valence-corrected chi connectivity index (χ4v) is 2.98. The molecule has 0 aliphatic rings. The van der Waals surface area contributed by atoms with Crippen molar-refractivity contribution < 1.29 is 4.92 Å². The molecule has 0 spiro atoms. The molecule has 0 atom stereocenters. The van der Waals surface area contributed by atoms with Crippen LogP contribution in [-0.2, 0) is 0 Å². The van der Waals surface area contributed by atoms with Crippen LogP contribution < -0.4 is 0 Å². The van der Waals surface area contributed by atoms with Gasteiger partial charge in [0.15, 0.2) is 0 Å². The molecule has 0 radical (unpaired) electrons. The summed E-state index contributed by atoms with van der Waals surface area (Å²) >= 11 is 0. The van der Waals surface area contributed by atoms with Gasteiger partial charge in [0, 0.05) is 23.3 Å². The Morgan fingerprint density at radius 3 is 1.67 bits per heavy atom. The molecule has 5 nitrogen and oxygen atoms in total. The first kappa shape index (κ1) is 16.8. The molecule has 1 aromatic heterocycles. The van der Waals surface area contributed by atoms with E-state index in [9.17, 15) is 10.1 Å². The van der Waals surface area contributed by atoms with Crippen molar-refractivity contribution in [2.75, 3.05) is 0 Å². The normalized spacial score (nSPS) is 10.9. The third kappa shape index (κ3) is 3.27. The highest BCUT2D eigenvalue weighted by atomic mass is 16.6. The van der Waals surface area contributed by atoms with Crippen LogP contribution >= 0.6 is 0 Å². The molecule has 3 aromatic carbocycles. The molecule has 0 amide bonds. The molecule has 4 aromatic rings. The number of aryl methyl sites for hydroxylation is 2. The van der Waals surface area contributed by atoms with Crippen molar-refractivity contribution in [2.45, 2.75) is 13.8 Å². The highest BCUT2D eigenvalue weighted by Gasteiger charge is 2.15. The van der Waals surface area contributed by atoms with Gasteiger partial charge in [-0.1, -0.05) is 59.7 Å². The molecule has 0 fully saturated rings. The van der Waals surface area contributed by atoms with E-state index < -0.39 is 4.92 Å². The van der Waals surface area contributed by atoms with Crippen LogP contribution in [0.25, 0.3) is 33.5 Å². The lowest BCUT2D eigenvalue weighted by Crippen LogP contribution is -1.97. The lowest BCUT2D eigenvalue weighted by molar-refractivity contribution is -0.384. The quantitative estimate of drug-likeness (QED) is 0.360. The predicted octanol–water partition coefficient (Wildman–Crippen LogP) is 5.49.